The summed E-state index contributed by atoms with van der Waals surface area (Å²) in [7, 11) is 0. The number of rotatable bonds is 4. The second-order valence-corrected chi connectivity index (χ2v) is 7.28. The lowest BCUT2D eigenvalue weighted by atomic mass is 9.96. The van der Waals surface area contributed by atoms with Crippen molar-refractivity contribution in [3.8, 4) is 11.3 Å². The lowest BCUT2D eigenvalue weighted by molar-refractivity contribution is -0.119. The molecule has 0 radical (unpaired) electrons. The zero-order valence-corrected chi connectivity index (χ0v) is 15.9. The molecule has 1 fully saturated rings. The molecule has 2 aromatic carbocycles. The van der Waals surface area contributed by atoms with Crippen LogP contribution in [0.4, 0.5) is 0 Å². The van der Waals surface area contributed by atoms with Crippen LogP contribution < -0.4 is 5.32 Å². The monoisotopic (exact) mass is 377 g/mol. The van der Waals surface area contributed by atoms with E-state index in [0.29, 0.717) is 36.9 Å². The number of hydrogen-bond acceptors (Lipinski definition) is 4. The molecule has 144 valence electrons. The maximum Gasteiger partial charge on any atom is 0.253 e. The Kier molecular flexibility index (Phi) is 5.10. The molecule has 4 rings (SSSR count). The van der Waals surface area contributed by atoms with E-state index >= 15 is 0 Å². The van der Waals surface area contributed by atoms with E-state index < -0.39 is 0 Å². The molecule has 0 atom stereocenters. The summed E-state index contributed by atoms with van der Waals surface area (Å²) >= 11 is 0. The lowest BCUT2D eigenvalue weighted by Gasteiger charge is -2.32. The fraction of sp³-hybridized carbons (Fsp3) is 0.318. The summed E-state index contributed by atoms with van der Waals surface area (Å²) in [5.74, 6) is 1.13. The van der Waals surface area contributed by atoms with Crippen LogP contribution in [-0.2, 0) is 4.79 Å². The van der Waals surface area contributed by atoms with E-state index in [0.717, 1.165) is 29.3 Å². The normalized spacial score (nSPS) is 15.0. The Morgan fingerprint density at radius 1 is 1.14 bits per heavy atom. The predicted octanol–water partition coefficient (Wildman–Crippen LogP) is 3.48. The Balaban J connectivity index is 1.50. The molecule has 3 aromatic rings. The number of piperidine rings is 1. The van der Waals surface area contributed by atoms with Crippen LogP contribution in [-0.4, -0.2) is 41.5 Å². The Bertz CT molecular complexity index is 989. The highest BCUT2D eigenvalue weighted by Gasteiger charge is 2.24. The third-order valence-electron chi connectivity index (χ3n) is 5.30. The zero-order chi connectivity index (χ0) is 19.5. The minimum atomic E-state index is -0.00486. The third kappa shape index (κ3) is 3.76. The van der Waals surface area contributed by atoms with Gasteiger partial charge in [0.1, 0.15) is 5.52 Å². The highest BCUT2D eigenvalue weighted by Crippen LogP contribution is 2.30. The first-order valence-corrected chi connectivity index (χ1v) is 9.60. The van der Waals surface area contributed by atoms with Gasteiger partial charge in [-0.25, -0.2) is 0 Å². The maximum atomic E-state index is 13.0. The van der Waals surface area contributed by atoms with Crippen LogP contribution in [0.3, 0.4) is 0 Å². The molecule has 2 heterocycles. The lowest BCUT2D eigenvalue weighted by Crippen LogP contribution is -2.41. The van der Waals surface area contributed by atoms with E-state index in [2.05, 4.69) is 10.5 Å². The molecule has 2 amide bonds. The summed E-state index contributed by atoms with van der Waals surface area (Å²) in [5, 5.41) is 7.83. The molecule has 0 bridgehead atoms. The van der Waals surface area contributed by atoms with Crippen molar-refractivity contribution >= 4 is 22.7 Å². The van der Waals surface area contributed by atoms with Gasteiger partial charge in [-0.15, -0.1) is 0 Å². The Morgan fingerprint density at radius 3 is 2.61 bits per heavy atom. The largest absolute Gasteiger partial charge is 0.356 e. The maximum absolute atomic E-state index is 13.0. The van der Waals surface area contributed by atoms with Crippen molar-refractivity contribution in [3.05, 3.63) is 54.1 Å². The molecule has 6 nitrogen and oxygen atoms in total. The van der Waals surface area contributed by atoms with Crippen LogP contribution >= 0.6 is 0 Å². The van der Waals surface area contributed by atoms with Gasteiger partial charge in [0.15, 0.2) is 5.76 Å². The number of aromatic nitrogens is 1. The first-order chi connectivity index (χ1) is 13.6. The SMILES string of the molecule is CC(=O)NCC1CCN(C(=O)c2ccc3noc(-c4ccccc4)c3c2)CC1. The first-order valence-electron chi connectivity index (χ1n) is 9.60. The van der Waals surface area contributed by atoms with Gasteiger partial charge in [0.2, 0.25) is 5.91 Å². The van der Waals surface area contributed by atoms with Gasteiger partial charge in [-0.05, 0) is 37.0 Å². The van der Waals surface area contributed by atoms with Gasteiger partial charge in [0, 0.05) is 37.7 Å². The van der Waals surface area contributed by atoms with Crippen LogP contribution in [0.1, 0.15) is 30.1 Å². The van der Waals surface area contributed by atoms with Crippen LogP contribution in [0.15, 0.2) is 53.1 Å². The number of benzene rings is 2. The van der Waals surface area contributed by atoms with Crippen LogP contribution in [0.2, 0.25) is 0 Å². The number of amides is 2. The zero-order valence-electron chi connectivity index (χ0n) is 15.9. The average molecular weight is 377 g/mol. The Morgan fingerprint density at radius 2 is 1.89 bits per heavy atom. The number of likely N-dealkylation sites (tertiary alicyclic amines) is 1. The minimum Gasteiger partial charge on any atom is -0.356 e. The average Bonchev–Trinajstić information content (AvgIpc) is 3.16. The molecule has 1 N–H and O–H groups in total. The molecule has 0 saturated carbocycles. The van der Waals surface area contributed by atoms with Gasteiger partial charge in [-0.1, -0.05) is 35.5 Å². The van der Waals surface area contributed by atoms with Crippen molar-refractivity contribution in [3.63, 3.8) is 0 Å². The molecule has 0 unspecified atom stereocenters. The summed E-state index contributed by atoms with van der Waals surface area (Å²) < 4.78 is 5.53. The number of carbonyl (C=O) groups excluding carboxylic acids is 2. The van der Waals surface area contributed by atoms with Crippen molar-refractivity contribution in [1.82, 2.24) is 15.4 Å². The molecule has 1 aliphatic heterocycles. The standard InChI is InChI=1S/C22H23N3O3/c1-15(26)23-14-16-9-11-25(12-10-16)22(27)18-7-8-20-19(13-18)21(28-24-20)17-5-3-2-4-6-17/h2-8,13,16H,9-12,14H2,1H3,(H,23,26). The summed E-state index contributed by atoms with van der Waals surface area (Å²) in [5.41, 5.74) is 2.32. The van der Waals surface area contributed by atoms with Gasteiger partial charge in [-0.2, -0.15) is 0 Å². The van der Waals surface area contributed by atoms with E-state index in [4.69, 9.17) is 4.52 Å². The first kappa shape index (κ1) is 18.2. The highest BCUT2D eigenvalue weighted by molar-refractivity contribution is 6.01. The van der Waals surface area contributed by atoms with E-state index in [1.807, 2.05) is 53.4 Å². The van der Waals surface area contributed by atoms with Crippen molar-refractivity contribution in [1.29, 1.82) is 0 Å². The van der Waals surface area contributed by atoms with Crippen molar-refractivity contribution in [2.24, 2.45) is 5.92 Å². The van der Waals surface area contributed by atoms with Crippen LogP contribution in [0.25, 0.3) is 22.2 Å². The van der Waals surface area contributed by atoms with Gasteiger partial charge in [0.25, 0.3) is 5.91 Å². The van der Waals surface area contributed by atoms with E-state index in [-0.39, 0.29) is 11.8 Å². The molecule has 28 heavy (non-hydrogen) atoms. The van der Waals surface area contributed by atoms with Crippen molar-refractivity contribution < 1.29 is 14.1 Å². The number of hydrogen-bond donors (Lipinski definition) is 1. The predicted molar refractivity (Wildman–Crippen MR) is 107 cm³/mol. The third-order valence-corrected chi connectivity index (χ3v) is 5.30. The van der Waals surface area contributed by atoms with Gasteiger partial charge in [-0.3, -0.25) is 9.59 Å². The van der Waals surface area contributed by atoms with Crippen molar-refractivity contribution in [2.45, 2.75) is 19.8 Å². The molecular weight excluding hydrogens is 354 g/mol. The van der Waals surface area contributed by atoms with E-state index in [9.17, 15) is 9.59 Å². The van der Waals surface area contributed by atoms with Gasteiger partial charge < -0.3 is 14.7 Å². The Hall–Kier alpha value is -3.15. The fourth-order valence-electron chi connectivity index (χ4n) is 3.68. The molecular formula is C22H23N3O3. The molecule has 0 aliphatic carbocycles. The number of fused-ring (bicyclic) bond motifs is 1. The molecule has 1 aromatic heterocycles. The topological polar surface area (TPSA) is 75.4 Å². The summed E-state index contributed by atoms with van der Waals surface area (Å²) in [4.78, 5) is 26.0. The number of nitrogens with zero attached hydrogens (tertiary/aromatic N) is 2. The highest BCUT2D eigenvalue weighted by atomic mass is 16.5. The van der Waals surface area contributed by atoms with E-state index in [1.54, 1.807) is 0 Å². The van der Waals surface area contributed by atoms with Gasteiger partial charge >= 0.3 is 0 Å². The summed E-state index contributed by atoms with van der Waals surface area (Å²) in [6.07, 6.45) is 1.80. The Labute approximate surface area is 163 Å². The molecule has 1 saturated heterocycles. The molecule has 6 heteroatoms. The second-order valence-electron chi connectivity index (χ2n) is 7.28. The van der Waals surface area contributed by atoms with Crippen LogP contribution in [0.5, 0.6) is 0 Å². The number of nitrogens with one attached hydrogen (secondary N) is 1. The fourth-order valence-corrected chi connectivity index (χ4v) is 3.68. The van der Waals surface area contributed by atoms with Crippen molar-refractivity contribution in [2.75, 3.05) is 19.6 Å². The molecule has 1 aliphatic rings. The van der Waals surface area contributed by atoms with Crippen LogP contribution in [0, 0.1) is 5.92 Å². The van der Waals surface area contributed by atoms with E-state index in [1.165, 1.54) is 6.92 Å². The summed E-state index contributed by atoms with van der Waals surface area (Å²) in [6.45, 7) is 3.63. The smallest absolute Gasteiger partial charge is 0.253 e. The summed E-state index contributed by atoms with van der Waals surface area (Å²) in [6, 6.07) is 15.3. The minimum absolute atomic E-state index is 0.00486. The molecule has 0 spiro atoms. The quantitative estimate of drug-likeness (QED) is 0.755. The second kappa shape index (κ2) is 7.84. The number of carbonyl (C=O) groups is 2. The van der Waals surface area contributed by atoms with Gasteiger partial charge in [0.05, 0.1) is 5.39 Å².